The number of nitrogens with zero attached hydrogens (tertiary/aromatic N) is 2. The SMILES string of the molecule is O=C(Nc1ccccc1Cl)C1=C[NH+]2CN(c3cccc(CO)c3)C=CC2=N1. The van der Waals surface area contributed by atoms with Crippen LogP contribution in [0, 0.1) is 0 Å². The van der Waals surface area contributed by atoms with Crippen molar-refractivity contribution in [1.82, 2.24) is 0 Å². The summed E-state index contributed by atoms with van der Waals surface area (Å²) in [6, 6.07) is 14.8. The lowest BCUT2D eigenvalue weighted by atomic mass is 10.2. The Morgan fingerprint density at radius 3 is 2.93 bits per heavy atom. The molecule has 1 atom stereocenters. The van der Waals surface area contributed by atoms with Crippen LogP contribution >= 0.6 is 11.6 Å². The highest BCUT2D eigenvalue weighted by Crippen LogP contribution is 2.22. The van der Waals surface area contributed by atoms with Crippen molar-refractivity contribution >= 4 is 34.7 Å². The third kappa shape index (κ3) is 3.64. The molecular weight excluding hydrogens is 364 g/mol. The number of aliphatic hydroxyl groups is 1. The fourth-order valence-electron chi connectivity index (χ4n) is 3.02. The largest absolute Gasteiger partial charge is 0.392 e. The highest BCUT2D eigenvalue weighted by Gasteiger charge is 2.30. The maximum absolute atomic E-state index is 12.5. The smallest absolute Gasteiger partial charge is 0.280 e. The van der Waals surface area contributed by atoms with Gasteiger partial charge < -0.3 is 10.4 Å². The van der Waals surface area contributed by atoms with Crippen LogP contribution in [0.15, 0.2) is 77.7 Å². The number of amides is 1. The summed E-state index contributed by atoms with van der Waals surface area (Å²) in [5, 5.41) is 12.6. The zero-order valence-electron chi connectivity index (χ0n) is 14.4. The molecule has 3 N–H and O–H groups in total. The number of benzene rings is 2. The Morgan fingerprint density at radius 1 is 1.26 bits per heavy atom. The molecule has 0 spiro atoms. The standard InChI is InChI=1S/C20H17ClN4O2/c21-16-6-1-2-7-17(16)23-20(27)18-11-25-13-24(9-8-19(25)22-18)15-5-3-4-14(10-15)12-26/h1-11,26H,12-13H2,(H,23,27)/p+1. The first-order valence-electron chi connectivity index (χ1n) is 8.51. The van der Waals surface area contributed by atoms with Crippen molar-refractivity contribution in [3.63, 3.8) is 0 Å². The van der Waals surface area contributed by atoms with E-state index in [1.54, 1.807) is 18.3 Å². The summed E-state index contributed by atoms with van der Waals surface area (Å²) in [6.07, 6.45) is 5.62. The first-order chi connectivity index (χ1) is 13.1. The van der Waals surface area contributed by atoms with Crippen molar-refractivity contribution in [2.45, 2.75) is 6.61 Å². The molecule has 136 valence electrons. The average molecular weight is 382 g/mol. The summed E-state index contributed by atoms with van der Waals surface area (Å²) in [5.41, 5.74) is 2.75. The molecule has 6 nitrogen and oxygen atoms in total. The summed E-state index contributed by atoms with van der Waals surface area (Å²) in [7, 11) is 0. The molecule has 2 aromatic rings. The Hall–Kier alpha value is -2.93. The van der Waals surface area contributed by atoms with Crippen molar-refractivity contribution in [3.05, 3.63) is 83.3 Å². The van der Waals surface area contributed by atoms with Gasteiger partial charge in [0.2, 0.25) is 5.84 Å². The molecule has 1 unspecified atom stereocenters. The Morgan fingerprint density at radius 2 is 2.11 bits per heavy atom. The lowest BCUT2D eigenvalue weighted by Gasteiger charge is -2.26. The number of para-hydroxylation sites is 1. The van der Waals surface area contributed by atoms with Gasteiger partial charge in [0, 0.05) is 18.0 Å². The summed E-state index contributed by atoms with van der Waals surface area (Å²) >= 11 is 6.10. The molecule has 0 aromatic heterocycles. The van der Waals surface area contributed by atoms with E-state index in [1.807, 2.05) is 48.7 Å². The number of hydrogen-bond acceptors (Lipinski definition) is 4. The van der Waals surface area contributed by atoms with E-state index in [0.29, 0.717) is 23.1 Å². The number of hydrogen-bond donors (Lipinski definition) is 3. The second-order valence-electron chi connectivity index (χ2n) is 6.26. The molecule has 7 heteroatoms. The van der Waals surface area contributed by atoms with Crippen molar-refractivity contribution in [2.24, 2.45) is 4.99 Å². The minimum atomic E-state index is -0.292. The number of amidine groups is 1. The Bertz CT molecular complexity index is 983. The van der Waals surface area contributed by atoms with E-state index in [9.17, 15) is 9.90 Å². The van der Waals surface area contributed by atoms with E-state index >= 15 is 0 Å². The molecule has 0 saturated heterocycles. The number of carbonyl (C=O) groups excluding carboxylic acids is 1. The highest BCUT2D eigenvalue weighted by molar-refractivity contribution is 6.33. The molecule has 0 aliphatic carbocycles. The first-order valence-corrected chi connectivity index (χ1v) is 8.89. The number of anilines is 2. The van der Waals surface area contributed by atoms with Crippen LogP contribution in [0.25, 0.3) is 0 Å². The third-order valence-electron chi connectivity index (χ3n) is 4.41. The average Bonchev–Trinajstić information content (AvgIpc) is 3.13. The van der Waals surface area contributed by atoms with Crippen molar-refractivity contribution in [3.8, 4) is 0 Å². The number of halogens is 1. The van der Waals surface area contributed by atoms with Crippen LogP contribution in [0.5, 0.6) is 0 Å². The van der Waals surface area contributed by atoms with Gasteiger partial charge in [-0.3, -0.25) is 9.69 Å². The predicted octanol–water partition coefficient (Wildman–Crippen LogP) is 1.90. The fourth-order valence-corrected chi connectivity index (χ4v) is 3.20. The van der Waals surface area contributed by atoms with Gasteiger partial charge in [0.15, 0.2) is 12.4 Å². The quantitative estimate of drug-likeness (QED) is 0.757. The number of rotatable bonds is 4. The Labute approximate surface area is 161 Å². The normalized spacial score (nSPS) is 18.0. The molecule has 2 aromatic carbocycles. The highest BCUT2D eigenvalue weighted by atomic mass is 35.5. The van der Waals surface area contributed by atoms with E-state index < -0.39 is 0 Å². The van der Waals surface area contributed by atoms with Crippen LogP contribution in [-0.4, -0.2) is 23.5 Å². The maximum atomic E-state index is 12.5. The van der Waals surface area contributed by atoms with E-state index in [4.69, 9.17) is 11.6 Å². The van der Waals surface area contributed by atoms with E-state index in [-0.39, 0.29) is 12.5 Å². The van der Waals surface area contributed by atoms with Gasteiger partial charge in [-0.15, -0.1) is 0 Å². The predicted molar refractivity (Wildman–Crippen MR) is 105 cm³/mol. The molecular formula is C20H18ClN4O2+. The molecule has 0 radical (unpaired) electrons. The first kappa shape index (κ1) is 17.5. The number of quaternary nitrogens is 1. The number of nitrogens with one attached hydrogen (secondary N) is 2. The number of aliphatic imine (C=N–C) groups is 1. The zero-order valence-corrected chi connectivity index (χ0v) is 15.1. The molecule has 0 saturated carbocycles. The minimum absolute atomic E-state index is 0.000934. The number of carbonyl (C=O) groups is 1. The lowest BCUT2D eigenvalue weighted by molar-refractivity contribution is -0.742. The van der Waals surface area contributed by atoms with Gasteiger partial charge in [0.1, 0.15) is 6.20 Å². The second kappa shape index (κ2) is 7.36. The van der Waals surface area contributed by atoms with Crippen molar-refractivity contribution < 1.29 is 14.8 Å². The summed E-state index contributed by atoms with van der Waals surface area (Å²) < 4.78 is 0. The maximum Gasteiger partial charge on any atom is 0.280 e. The molecule has 2 aliphatic heterocycles. The van der Waals surface area contributed by atoms with Crippen LogP contribution in [0.4, 0.5) is 11.4 Å². The van der Waals surface area contributed by atoms with Gasteiger partial charge in [-0.1, -0.05) is 35.9 Å². The number of fused-ring (bicyclic) bond motifs is 1. The van der Waals surface area contributed by atoms with Crippen LogP contribution in [0.2, 0.25) is 5.02 Å². The van der Waals surface area contributed by atoms with E-state index in [1.165, 1.54) is 0 Å². The third-order valence-corrected chi connectivity index (χ3v) is 4.74. The molecule has 2 heterocycles. The number of aliphatic hydroxyl groups excluding tert-OH is 1. The van der Waals surface area contributed by atoms with Crippen LogP contribution in [0.1, 0.15) is 5.56 Å². The summed E-state index contributed by atoms with van der Waals surface area (Å²) in [5.74, 6) is 0.494. The Balaban J connectivity index is 1.50. The van der Waals surface area contributed by atoms with Gasteiger partial charge in [0.05, 0.1) is 17.3 Å². The van der Waals surface area contributed by atoms with Gasteiger partial charge in [0.25, 0.3) is 5.91 Å². The van der Waals surface area contributed by atoms with Gasteiger partial charge in [-0.2, -0.15) is 4.99 Å². The van der Waals surface area contributed by atoms with Crippen LogP contribution in [-0.2, 0) is 11.4 Å². The van der Waals surface area contributed by atoms with Crippen LogP contribution in [0.3, 0.4) is 0 Å². The van der Waals surface area contributed by atoms with Gasteiger partial charge in [-0.25, -0.2) is 4.90 Å². The molecule has 0 bridgehead atoms. The van der Waals surface area contributed by atoms with Crippen molar-refractivity contribution in [2.75, 3.05) is 16.9 Å². The summed E-state index contributed by atoms with van der Waals surface area (Å²) in [4.78, 5) is 20.0. The molecule has 27 heavy (non-hydrogen) atoms. The minimum Gasteiger partial charge on any atom is -0.392 e. The van der Waals surface area contributed by atoms with E-state index in [0.717, 1.165) is 22.0 Å². The zero-order chi connectivity index (χ0) is 18.8. The van der Waals surface area contributed by atoms with Crippen LogP contribution < -0.4 is 15.1 Å². The van der Waals surface area contributed by atoms with Crippen molar-refractivity contribution in [1.29, 1.82) is 0 Å². The molecule has 1 amide bonds. The Kier molecular flexibility index (Phi) is 4.77. The molecule has 4 rings (SSSR count). The molecule has 2 aliphatic rings. The second-order valence-corrected chi connectivity index (χ2v) is 6.66. The lowest BCUT2D eigenvalue weighted by Crippen LogP contribution is -3.11. The molecule has 0 fully saturated rings. The fraction of sp³-hybridized carbons (Fsp3) is 0.100. The van der Waals surface area contributed by atoms with E-state index in [2.05, 4.69) is 15.2 Å². The van der Waals surface area contributed by atoms with Gasteiger partial charge in [-0.05, 0) is 29.8 Å². The topological polar surface area (TPSA) is 69.4 Å². The monoisotopic (exact) mass is 381 g/mol. The van der Waals surface area contributed by atoms with Gasteiger partial charge >= 0.3 is 0 Å². The summed E-state index contributed by atoms with van der Waals surface area (Å²) in [6.45, 7) is 0.605.